The molecule has 2 aliphatic rings. The van der Waals surface area contributed by atoms with Crippen LogP contribution in [0.4, 0.5) is 28.4 Å². The number of hydrogen-bond donors (Lipinski definition) is 6. The Morgan fingerprint density at radius 3 is 1.61 bits per heavy atom. The number of rotatable bonds is 13. The van der Waals surface area contributed by atoms with Gasteiger partial charge in [0.25, 0.3) is 30.4 Å². The molecule has 1 aliphatic heterocycles. The second-order valence-corrected chi connectivity index (χ2v) is 49.7. The van der Waals surface area contributed by atoms with Crippen molar-refractivity contribution in [3.8, 4) is 22.5 Å². The smallest absolute Gasteiger partial charge is 0.296 e. The highest BCUT2D eigenvalue weighted by Gasteiger charge is 2.30. The van der Waals surface area contributed by atoms with Crippen LogP contribution in [0, 0.1) is 34.6 Å². The SMILES string of the molecule is Cc1cc(C)c(NS(I)(I)c2ccccc2)c(C)c1/N=c1/cc2oc3cc(Nc4ccc(C)c(NS(I)(I)c5ccccc5)c4C)c(S(=O)(=O)O)cc3c(-c3ccccc3S(=O)(=O)O)c-2cc1S(=O)(=O)O. The Labute approximate surface area is 463 Å². The first-order chi connectivity index (χ1) is 33.2. The molecule has 0 fully saturated rings. The maximum atomic E-state index is 13.5. The second-order valence-electron chi connectivity index (χ2n) is 16.4. The zero-order valence-electron chi connectivity index (χ0n) is 37.8. The third-order valence-corrected chi connectivity index (χ3v) is 25.6. The van der Waals surface area contributed by atoms with Crippen LogP contribution in [-0.4, -0.2) is 38.9 Å². The number of nitrogens with zero attached hydrogens (tertiary/aromatic N) is 1. The summed E-state index contributed by atoms with van der Waals surface area (Å²) in [6.07, 6.45) is 0. The van der Waals surface area contributed by atoms with Gasteiger partial charge in [-0.25, -0.2) is 4.99 Å². The van der Waals surface area contributed by atoms with Crippen molar-refractivity contribution in [2.75, 3.05) is 14.8 Å². The molecule has 0 spiro atoms. The topological polar surface area (TPSA) is 225 Å². The monoisotopic (exact) mass is 1500 g/mol. The number of fused-ring (bicyclic) bond motifs is 2. The van der Waals surface area contributed by atoms with E-state index in [2.05, 4.69) is 99.6 Å². The summed E-state index contributed by atoms with van der Waals surface area (Å²) in [7, 11) is -15.2. The van der Waals surface area contributed by atoms with E-state index >= 15 is 0 Å². The number of anilines is 4. The lowest BCUT2D eigenvalue weighted by Gasteiger charge is -2.31. The van der Waals surface area contributed by atoms with Crippen molar-refractivity contribution in [2.24, 2.45) is 4.99 Å². The summed E-state index contributed by atoms with van der Waals surface area (Å²) in [5.74, 6) is -0.0653. The number of aryl methyl sites for hydroxylation is 3. The van der Waals surface area contributed by atoms with Gasteiger partial charge in [-0.05, 0) is 120 Å². The molecule has 6 N–H and O–H groups in total. The lowest BCUT2D eigenvalue weighted by molar-refractivity contribution is 0.480. The molecule has 71 heavy (non-hydrogen) atoms. The Balaban J connectivity index is 1.40. The number of benzene rings is 7. The van der Waals surface area contributed by atoms with Gasteiger partial charge in [0.1, 0.15) is 26.0 Å². The third kappa shape index (κ3) is 11.4. The van der Waals surface area contributed by atoms with Gasteiger partial charge in [-0.2, -0.15) is 25.3 Å². The molecule has 0 saturated heterocycles. The van der Waals surface area contributed by atoms with E-state index in [4.69, 9.17) is 9.41 Å². The standard InChI is InChI=1S/C48H42I4N4O10S5/c1-27-20-21-37(30(4)47(27)55-67(49,50)32-14-8-6-9-15-32)53-38-25-40-35(23-43(38)70(60,61)62)45(34-18-12-13-19-42(34)69(57,58)59)36-24-44(71(63,64)65)39(26-41(36)66-40)54-46-28(2)22-29(3)48(31(46)5)56-68(51,52)33-16-10-7-11-17-33/h6-26,53,55-56H,1-5H3,(H,57,58,59)(H,60,61,62)(H,63,64,65)/b54-39-. The van der Waals surface area contributed by atoms with E-state index in [0.29, 0.717) is 22.5 Å². The molecule has 0 unspecified atom stereocenters. The highest BCUT2D eigenvalue weighted by atomic mass is 127. The Hall–Kier alpha value is -3.24. The van der Waals surface area contributed by atoms with Crippen LogP contribution in [-0.2, 0) is 30.4 Å². The van der Waals surface area contributed by atoms with Gasteiger partial charge < -0.3 is 19.2 Å². The largest absolute Gasteiger partial charge is 0.456 e. The van der Waals surface area contributed by atoms with Crippen LogP contribution in [0.5, 0.6) is 0 Å². The number of nitrogens with one attached hydrogen (secondary N) is 3. The summed E-state index contributed by atoms with van der Waals surface area (Å²) in [6, 6.07) is 35.4. The Kier molecular flexibility index (Phi) is 15.6. The summed E-state index contributed by atoms with van der Waals surface area (Å²) in [5.41, 5.74) is 5.79. The summed E-state index contributed by atoms with van der Waals surface area (Å²) in [5, 5.41) is 2.86. The fourth-order valence-electron chi connectivity index (χ4n) is 8.19. The predicted octanol–water partition coefficient (Wildman–Crippen LogP) is 15.2. The highest BCUT2D eigenvalue weighted by molar-refractivity contribution is 14.3. The van der Waals surface area contributed by atoms with E-state index in [1.165, 1.54) is 30.3 Å². The van der Waals surface area contributed by atoms with Gasteiger partial charge in [0.2, 0.25) is 0 Å². The van der Waals surface area contributed by atoms with E-state index in [0.717, 1.165) is 56.1 Å². The minimum absolute atomic E-state index is 0.0493. The van der Waals surface area contributed by atoms with Gasteiger partial charge >= 0.3 is 0 Å². The predicted molar refractivity (Wildman–Crippen MR) is 321 cm³/mol. The average Bonchev–Trinajstić information content (AvgIpc) is 3.30. The second kappa shape index (κ2) is 20.5. The van der Waals surface area contributed by atoms with Crippen molar-refractivity contribution < 1.29 is 43.3 Å². The minimum Gasteiger partial charge on any atom is -0.456 e. The van der Waals surface area contributed by atoms with Crippen molar-refractivity contribution in [3.05, 3.63) is 161 Å². The Bertz CT molecular complexity index is 3850. The van der Waals surface area contributed by atoms with Crippen molar-refractivity contribution in [3.63, 3.8) is 0 Å². The first kappa shape index (κ1) is 54.0. The number of halogens is 4. The zero-order valence-corrected chi connectivity index (χ0v) is 50.5. The molecule has 6 aromatic rings. The van der Waals surface area contributed by atoms with E-state index in [-0.39, 0.29) is 44.5 Å². The van der Waals surface area contributed by atoms with Crippen LogP contribution in [0.3, 0.4) is 0 Å². The van der Waals surface area contributed by atoms with Crippen LogP contribution in [0.2, 0.25) is 0 Å². The maximum Gasteiger partial charge on any atom is 0.296 e. The summed E-state index contributed by atoms with van der Waals surface area (Å²) < 4.78 is 123. The van der Waals surface area contributed by atoms with Crippen LogP contribution in [0.25, 0.3) is 33.4 Å². The van der Waals surface area contributed by atoms with Gasteiger partial charge in [-0.15, -0.1) is 0 Å². The van der Waals surface area contributed by atoms with Gasteiger partial charge in [0.15, 0.2) is 0 Å². The van der Waals surface area contributed by atoms with E-state index in [1.807, 2.05) is 107 Å². The van der Waals surface area contributed by atoms with Crippen LogP contribution in [0.1, 0.15) is 27.8 Å². The van der Waals surface area contributed by atoms with Gasteiger partial charge in [-0.3, -0.25) is 13.7 Å². The van der Waals surface area contributed by atoms with E-state index in [1.54, 1.807) is 6.07 Å². The molecule has 6 aromatic carbocycles. The first-order valence-electron chi connectivity index (χ1n) is 20.9. The van der Waals surface area contributed by atoms with E-state index < -0.39 is 54.2 Å². The molecule has 0 atom stereocenters. The molecule has 0 bridgehead atoms. The molecule has 23 heteroatoms. The lowest BCUT2D eigenvalue weighted by atomic mass is 9.93. The Morgan fingerprint density at radius 1 is 0.507 bits per heavy atom. The molecule has 0 aromatic heterocycles. The summed E-state index contributed by atoms with van der Waals surface area (Å²) >= 11 is 9.56. The van der Waals surface area contributed by atoms with Crippen LogP contribution in [0.15, 0.2) is 161 Å². The van der Waals surface area contributed by atoms with Gasteiger partial charge in [-0.1, -0.05) is 66.7 Å². The highest BCUT2D eigenvalue weighted by Crippen LogP contribution is 2.70. The van der Waals surface area contributed by atoms with Crippen molar-refractivity contribution in [2.45, 2.75) is 59.1 Å². The minimum atomic E-state index is -5.12. The zero-order chi connectivity index (χ0) is 51.6. The molecular formula is C48H42I4N4O10S5. The molecular weight excluding hydrogens is 1460 g/mol. The van der Waals surface area contributed by atoms with Crippen LogP contribution < -0.4 is 20.1 Å². The van der Waals surface area contributed by atoms with Crippen molar-refractivity contribution in [1.82, 2.24) is 0 Å². The lowest BCUT2D eigenvalue weighted by Crippen LogP contribution is -2.16. The van der Waals surface area contributed by atoms with Crippen LogP contribution >= 0.6 is 93.9 Å². The first-order valence-corrected chi connectivity index (χ1v) is 38.7. The van der Waals surface area contributed by atoms with Crippen molar-refractivity contribution >= 4 is 164 Å². The molecule has 0 saturated carbocycles. The maximum absolute atomic E-state index is 13.5. The average molecular weight is 1500 g/mol. The quantitative estimate of drug-likeness (QED) is 0.0359. The molecule has 372 valence electrons. The third-order valence-electron chi connectivity index (χ3n) is 11.5. The summed E-state index contributed by atoms with van der Waals surface area (Å²) in [4.78, 5) is 5.11. The van der Waals surface area contributed by atoms with E-state index in [9.17, 15) is 38.9 Å². The van der Waals surface area contributed by atoms with Gasteiger partial charge in [0.05, 0.1) is 28.1 Å². The molecule has 8 rings (SSSR count). The summed E-state index contributed by atoms with van der Waals surface area (Å²) in [6.45, 7) is 9.44. The number of hydrogen-bond acceptors (Lipinski definition) is 11. The normalized spacial score (nSPS) is 13.4. The molecule has 1 heterocycles. The molecule has 1 aliphatic carbocycles. The molecule has 0 radical (unpaired) electrons. The molecule has 14 nitrogen and oxygen atoms in total. The fraction of sp³-hybridized carbons (Fsp3) is 0.104. The van der Waals surface area contributed by atoms with Gasteiger partial charge in [0, 0.05) is 135 Å². The molecule has 0 amide bonds. The Morgan fingerprint density at radius 2 is 1.04 bits per heavy atom. The fourth-order valence-corrected chi connectivity index (χ4v) is 18.7. The van der Waals surface area contributed by atoms with Crippen molar-refractivity contribution in [1.29, 1.82) is 0 Å².